The van der Waals surface area contributed by atoms with Crippen molar-refractivity contribution in [2.75, 3.05) is 32.1 Å². The van der Waals surface area contributed by atoms with Crippen LogP contribution >= 0.6 is 11.8 Å². The van der Waals surface area contributed by atoms with Crippen LogP contribution in [-0.4, -0.2) is 43.8 Å². The summed E-state index contributed by atoms with van der Waals surface area (Å²) in [5.41, 5.74) is 0.114. The second-order valence-electron chi connectivity index (χ2n) is 5.60. The van der Waals surface area contributed by atoms with E-state index in [0.29, 0.717) is 6.10 Å². The molecule has 110 valence electrons. The molecule has 4 heteroatoms. The second kappa shape index (κ2) is 6.94. The van der Waals surface area contributed by atoms with Crippen molar-refractivity contribution >= 4 is 11.8 Å². The summed E-state index contributed by atoms with van der Waals surface area (Å²) in [5.74, 6) is 1.01. The fourth-order valence-electron chi connectivity index (χ4n) is 3.03. The van der Waals surface area contributed by atoms with E-state index in [4.69, 9.17) is 9.47 Å². The molecule has 1 spiro atoms. The number of benzene rings is 1. The van der Waals surface area contributed by atoms with Gasteiger partial charge in [0.2, 0.25) is 0 Å². The molecule has 1 N–H and O–H groups in total. The van der Waals surface area contributed by atoms with Gasteiger partial charge in [-0.3, -0.25) is 0 Å². The first kappa shape index (κ1) is 14.4. The van der Waals surface area contributed by atoms with Gasteiger partial charge >= 0.3 is 0 Å². The number of hydrogen-bond donors (Lipinski definition) is 1. The van der Waals surface area contributed by atoms with Crippen LogP contribution in [0, 0.1) is 0 Å². The van der Waals surface area contributed by atoms with Crippen molar-refractivity contribution in [1.29, 1.82) is 0 Å². The zero-order valence-corrected chi connectivity index (χ0v) is 12.7. The molecule has 0 bridgehead atoms. The van der Waals surface area contributed by atoms with Gasteiger partial charge in [-0.15, -0.1) is 11.8 Å². The smallest absolute Gasteiger partial charge is 0.0836 e. The van der Waals surface area contributed by atoms with Crippen LogP contribution in [0.2, 0.25) is 0 Å². The van der Waals surface area contributed by atoms with Gasteiger partial charge in [-0.25, -0.2) is 0 Å². The Hall–Kier alpha value is -0.550. The predicted octanol–water partition coefficient (Wildman–Crippen LogP) is 2.71. The summed E-state index contributed by atoms with van der Waals surface area (Å²) in [6, 6.07) is 10.5. The topological polar surface area (TPSA) is 30.5 Å². The third-order valence-corrected chi connectivity index (χ3v) is 5.11. The van der Waals surface area contributed by atoms with E-state index in [1.165, 1.54) is 4.90 Å². The van der Waals surface area contributed by atoms with Crippen LogP contribution in [-0.2, 0) is 9.47 Å². The molecule has 2 aliphatic heterocycles. The Morgan fingerprint density at radius 3 is 2.85 bits per heavy atom. The van der Waals surface area contributed by atoms with Crippen molar-refractivity contribution in [3.8, 4) is 0 Å². The first-order valence-corrected chi connectivity index (χ1v) is 8.49. The molecule has 1 unspecified atom stereocenters. The van der Waals surface area contributed by atoms with Crippen molar-refractivity contribution in [3.63, 3.8) is 0 Å². The first-order chi connectivity index (χ1) is 9.86. The van der Waals surface area contributed by atoms with Gasteiger partial charge in [0, 0.05) is 17.1 Å². The normalized spacial score (nSPS) is 25.1. The molecular formula is C16H23NO2S. The van der Waals surface area contributed by atoms with Gasteiger partial charge < -0.3 is 14.8 Å². The summed E-state index contributed by atoms with van der Waals surface area (Å²) in [4.78, 5) is 1.31. The lowest BCUT2D eigenvalue weighted by atomic mass is 9.89. The van der Waals surface area contributed by atoms with Gasteiger partial charge in [0.25, 0.3) is 0 Å². The molecule has 1 aromatic rings. The Labute approximate surface area is 125 Å². The van der Waals surface area contributed by atoms with Crippen molar-refractivity contribution in [2.45, 2.75) is 35.9 Å². The highest BCUT2D eigenvalue weighted by Crippen LogP contribution is 2.35. The molecule has 2 heterocycles. The van der Waals surface area contributed by atoms with E-state index in [0.717, 1.165) is 51.3 Å². The molecule has 3 nitrogen and oxygen atoms in total. The fraction of sp³-hybridized carbons (Fsp3) is 0.625. The minimum atomic E-state index is 0.114. The zero-order chi connectivity index (χ0) is 13.7. The summed E-state index contributed by atoms with van der Waals surface area (Å²) in [5, 5.41) is 3.40. The lowest BCUT2D eigenvalue weighted by molar-refractivity contribution is -0.0228. The minimum absolute atomic E-state index is 0.114. The number of rotatable bonds is 5. The number of piperidine rings is 1. The zero-order valence-electron chi connectivity index (χ0n) is 11.8. The SMILES string of the molecule is c1ccc(SCCOC2COC3(CCNCC3)C2)cc1. The number of hydrogen-bond acceptors (Lipinski definition) is 4. The molecule has 2 saturated heterocycles. The van der Waals surface area contributed by atoms with Gasteiger partial charge in [0.1, 0.15) is 0 Å². The van der Waals surface area contributed by atoms with Crippen molar-refractivity contribution in [2.24, 2.45) is 0 Å². The molecule has 1 aromatic carbocycles. The number of thioether (sulfide) groups is 1. The maximum atomic E-state index is 6.04. The second-order valence-corrected chi connectivity index (χ2v) is 6.77. The van der Waals surface area contributed by atoms with Gasteiger partial charge in [0.15, 0.2) is 0 Å². The van der Waals surface area contributed by atoms with Gasteiger partial charge in [-0.1, -0.05) is 18.2 Å². The average molecular weight is 293 g/mol. The molecule has 0 saturated carbocycles. The van der Waals surface area contributed by atoms with Gasteiger partial charge in [0.05, 0.1) is 24.9 Å². The van der Waals surface area contributed by atoms with Gasteiger partial charge in [-0.2, -0.15) is 0 Å². The maximum absolute atomic E-state index is 6.04. The highest BCUT2D eigenvalue weighted by Gasteiger charge is 2.41. The van der Waals surface area contributed by atoms with Crippen LogP contribution in [0.5, 0.6) is 0 Å². The Kier molecular flexibility index (Phi) is 4.99. The summed E-state index contributed by atoms with van der Waals surface area (Å²) < 4.78 is 12.0. The van der Waals surface area contributed by atoms with E-state index in [2.05, 4.69) is 35.6 Å². The molecule has 2 fully saturated rings. The van der Waals surface area contributed by atoms with Crippen molar-refractivity contribution < 1.29 is 9.47 Å². The van der Waals surface area contributed by atoms with E-state index in [1.54, 1.807) is 0 Å². The monoisotopic (exact) mass is 293 g/mol. The largest absolute Gasteiger partial charge is 0.375 e. The average Bonchev–Trinajstić information content (AvgIpc) is 2.88. The summed E-state index contributed by atoms with van der Waals surface area (Å²) in [7, 11) is 0. The molecule has 20 heavy (non-hydrogen) atoms. The Bertz CT molecular complexity index is 406. The molecule has 3 rings (SSSR count). The first-order valence-electron chi connectivity index (χ1n) is 7.50. The molecular weight excluding hydrogens is 270 g/mol. The van der Waals surface area contributed by atoms with E-state index in [9.17, 15) is 0 Å². The highest BCUT2D eigenvalue weighted by molar-refractivity contribution is 7.99. The standard InChI is InChI=1S/C16H23NO2S/c1-2-4-15(5-3-1)20-11-10-18-14-12-16(19-13-14)6-8-17-9-7-16/h1-5,14,17H,6-13H2. The third-order valence-electron chi connectivity index (χ3n) is 4.14. The van der Waals surface area contributed by atoms with E-state index in [-0.39, 0.29) is 5.60 Å². The molecule has 0 aromatic heterocycles. The van der Waals surface area contributed by atoms with Crippen LogP contribution < -0.4 is 5.32 Å². The molecule has 2 aliphatic rings. The van der Waals surface area contributed by atoms with Crippen LogP contribution in [0.15, 0.2) is 35.2 Å². The van der Waals surface area contributed by atoms with Crippen LogP contribution in [0.4, 0.5) is 0 Å². The molecule has 0 amide bonds. The Morgan fingerprint density at radius 2 is 2.05 bits per heavy atom. The lowest BCUT2D eigenvalue weighted by Crippen LogP contribution is -2.41. The Balaban J connectivity index is 1.35. The van der Waals surface area contributed by atoms with E-state index >= 15 is 0 Å². The Morgan fingerprint density at radius 1 is 1.25 bits per heavy atom. The van der Waals surface area contributed by atoms with E-state index < -0.39 is 0 Å². The summed E-state index contributed by atoms with van der Waals surface area (Å²) >= 11 is 1.86. The molecule has 0 aliphatic carbocycles. The maximum Gasteiger partial charge on any atom is 0.0836 e. The quantitative estimate of drug-likeness (QED) is 0.668. The van der Waals surface area contributed by atoms with Gasteiger partial charge in [-0.05, 0) is 38.1 Å². The highest BCUT2D eigenvalue weighted by atomic mass is 32.2. The molecule has 1 atom stereocenters. The number of ether oxygens (including phenoxy) is 2. The van der Waals surface area contributed by atoms with Crippen molar-refractivity contribution in [3.05, 3.63) is 30.3 Å². The minimum Gasteiger partial charge on any atom is -0.375 e. The summed E-state index contributed by atoms with van der Waals surface area (Å²) in [6.07, 6.45) is 3.63. The van der Waals surface area contributed by atoms with Crippen LogP contribution in [0.1, 0.15) is 19.3 Å². The number of nitrogens with one attached hydrogen (secondary N) is 1. The lowest BCUT2D eigenvalue weighted by Gasteiger charge is -2.32. The van der Waals surface area contributed by atoms with Crippen molar-refractivity contribution in [1.82, 2.24) is 5.32 Å². The third kappa shape index (κ3) is 3.76. The fourth-order valence-corrected chi connectivity index (χ4v) is 3.80. The van der Waals surface area contributed by atoms with E-state index in [1.807, 2.05) is 11.8 Å². The van der Waals surface area contributed by atoms with Crippen LogP contribution in [0.3, 0.4) is 0 Å². The summed E-state index contributed by atoms with van der Waals surface area (Å²) in [6.45, 7) is 3.74. The predicted molar refractivity (Wildman–Crippen MR) is 82.3 cm³/mol. The van der Waals surface area contributed by atoms with Crippen LogP contribution in [0.25, 0.3) is 0 Å². The molecule has 0 radical (unpaired) electrons.